The van der Waals surface area contributed by atoms with Gasteiger partial charge in [-0.1, -0.05) is 12.1 Å². The molecule has 4 nitrogen and oxygen atoms in total. The minimum Gasteiger partial charge on any atom is -0.439 e. The predicted octanol–water partition coefficient (Wildman–Crippen LogP) is 2.45. The third-order valence-corrected chi connectivity index (χ3v) is 2.79. The van der Waals surface area contributed by atoms with Crippen LogP contribution in [-0.2, 0) is 6.42 Å². The van der Waals surface area contributed by atoms with Crippen molar-refractivity contribution in [2.45, 2.75) is 6.42 Å². The maximum Gasteiger partial charge on any atom is 0.250 e. The number of nitrogens with zero attached hydrogens (tertiary/aromatic N) is 1. The minimum absolute atomic E-state index is 0.358. The van der Waals surface area contributed by atoms with Crippen LogP contribution in [0, 0.1) is 0 Å². The fourth-order valence-electron chi connectivity index (χ4n) is 1.56. The summed E-state index contributed by atoms with van der Waals surface area (Å²) in [5, 5.41) is 0. The summed E-state index contributed by atoms with van der Waals surface area (Å²) in [6.45, 7) is 0. The second kappa shape index (κ2) is 6.24. The molecule has 1 heterocycles. The second-order valence-electron chi connectivity index (χ2n) is 3.97. The summed E-state index contributed by atoms with van der Waals surface area (Å²) >= 11 is 4.19. The Labute approximate surface area is 117 Å². The molecule has 0 aliphatic carbocycles. The highest BCUT2D eigenvalue weighted by Gasteiger charge is 2.03. The topological polar surface area (TPSA) is 65.2 Å². The number of pyridine rings is 1. The number of amides is 1. The molecule has 0 saturated carbocycles. The van der Waals surface area contributed by atoms with Crippen LogP contribution in [0.1, 0.15) is 15.9 Å². The van der Waals surface area contributed by atoms with Crippen LogP contribution in [-0.4, -0.2) is 16.6 Å². The van der Waals surface area contributed by atoms with Crippen molar-refractivity contribution in [2.75, 3.05) is 5.75 Å². The molecule has 0 aliphatic rings. The van der Waals surface area contributed by atoms with Crippen LogP contribution in [0.2, 0.25) is 0 Å². The molecular weight excluding hydrogens is 260 g/mol. The zero-order valence-electron chi connectivity index (χ0n) is 10.2. The van der Waals surface area contributed by atoms with E-state index in [2.05, 4.69) is 17.6 Å². The Kier molecular flexibility index (Phi) is 4.41. The molecule has 0 fully saturated rings. The van der Waals surface area contributed by atoms with E-state index in [-0.39, 0.29) is 0 Å². The minimum atomic E-state index is -0.504. The van der Waals surface area contributed by atoms with Crippen LogP contribution in [0.3, 0.4) is 0 Å². The monoisotopic (exact) mass is 274 g/mol. The summed E-state index contributed by atoms with van der Waals surface area (Å²) < 4.78 is 5.56. The third kappa shape index (κ3) is 3.72. The van der Waals surface area contributed by atoms with Crippen molar-refractivity contribution in [1.82, 2.24) is 4.98 Å². The van der Waals surface area contributed by atoms with E-state index in [1.807, 2.05) is 24.3 Å². The quantitative estimate of drug-likeness (QED) is 0.823. The van der Waals surface area contributed by atoms with Gasteiger partial charge in [0, 0.05) is 12.3 Å². The van der Waals surface area contributed by atoms with E-state index in [1.165, 1.54) is 11.8 Å². The van der Waals surface area contributed by atoms with Gasteiger partial charge in [-0.3, -0.25) is 4.79 Å². The lowest BCUT2D eigenvalue weighted by Crippen LogP contribution is -2.10. The standard InChI is InChI=1S/C14H14N2O2S/c15-14(17)11-3-6-13(16-9-11)18-12-4-1-10(2-5-12)7-8-19/h1-6,9,19H,7-8H2,(H2,15,17). The van der Waals surface area contributed by atoms with Crippen LogP contribution < -0.4 is 10.5 Å². The lowest BCUT2D eigenvalue weighted by atomic mass is 10.2. The second-order valence-corrected chi connectivity index (χ2v) is 4.42. The summed E-state index contributed by atoms with van der Waals surface area (Å²) in [6.07, 6.45) is 2.32. The van der Waals surface area contributed by atoms with E-state index < -0.39 is 5.91 Å². The van der Waals surface area contributed by atoms with Crippen LogP contribution in [0.4, 0.5) is 0 Å². The molecule has 0 saturated heterocycles. The summed E-state index contributed by atoms with van der Waals surface area (Å²) in [5.74, 6) is 1.43. The van der Waals surface area contributed by atoms with Gasteiger partial charge in [0.2, 0.25) is 11.8 Å². The van der Waals surface area contributed by atoms with E-state index in [9.17, 15) is 4.79 Å². The van der Waals surface area contributed by atoms with Crippen LogP contribution in [0.15, 0.2) is 42.6 Å². The summed E-state index contributed by atoms with van der Waals surface area (Å²) in [4.78, 5) is 14.9. The number of aromatic nitrogens is 1. The van der Waals surface area contributed by atoms with Gasteiger partial charge in [-0.2, -0.15) is 12.6 Å². The first-order valence-corrected chi connectivity index (χ1v) is 6.46. The first-order chi connectivity index (χ1) is 9.19. The van der Waals surface area contributed by atoms with E-state index in [0.29, 0.717) is 17.2 Å². The van der Waals surface area contributed by atoms with Gasteiger partial charge in [0.1, 0.15) is 5.75 Å². The van der Waals surface area contributed by atoms with Crippen molar-refractivity contribution >= 4 is 18.5 Å². The fraction of sp³-hybridized carbons (Fsp3) is 0.143. The fourth-order valence-corrected chi connectivity index (χ4v) is 1.82. The SMILES string of the molecule is NC(=O)c1ccc(Oc2ccc(CCS)cc2)nc1. The number of thiol groups is 1. The maximum absolute atomic E-state index is 10.9. The number of benzene rings is 1. The van der Waals surface area contributed by atoms with Gasteiger partial charge in [0.25, 0.3) is 0 Å². The highest BCUT2D eigenvalue weighted by molar-refractivity contribution is 7.80. The number of aryl methyl sites for hydroxylation is 1. The van der Waals surface area contributed by atoms with Crippen molar-refractivity contribution in [3.05, 3.63) is 53.7 Å². The smallest absolute Gasteiger partial charge is 0.250 e. The van der Waals surface area contributed by atoms with Gasteiger partial charge in [-0.25, -0.2) is 4.98 Å². The molecule has 0 aliphatic heterocycles. The van der Waals surface area contributed by atoms with Crippen molar-refractivity contribution in [2.24, 2.45) is 5.73 Å². The van der Waals surface area contributed by atoms with E-state index >= 15 is 0 Å². The van der Waals surface area contributed by atoms with Crippen molar-refractivity contribution in [3.8, 4) is 11.6 Å². The highest BCUT2D eigenvalue weighted by atomic mass is 32.1. The summed E-state index contributed by atoms with van der Waals surface area (Å²) in [5.41, 5.74) is 6.70. The molecule has 1 amide bonds. The van der Waals surface area contributed by atoms with Gasteiger partial charge in [0.05, 0.1) is 5.56 Å². The van der Waals surface area contributed by atoms with Crippen molar-refractivity contribution < 1.29 is 9.53 Å². The molecule has 2 rings (SSSR count). The molecule has 1 aromatic carbocycles. The maximum atomic E-state index is 10.9. The number of carbonyl (C=O) groups excluding carboxylic acids is 1. The molecule has 2 N–H and O–H groups in total. The lowest BCUT2D eigenvalue weighted by Gasteiger charge is -2.06. The zero-order valence-corrected chi connectivity index (χ0v) is 11.1. The first kappa shape index (κ1) is 13.4. The Balaban J connectivity index is 2.06. The number of rotatable bonds is 5. The number of hydrogen-bond donors (Lipinski definition) is 2. The Morgan fingerprint density at radius 2 is 1.95 bits per heavy atom. The van der Waals surface area contributed by atoms with Gasteiger partial charge < -0.3 is 10.5 Å². The molecule has 0 atom stereocenters. The van der Waals surface area contributed by atoms with Gasteiger partial charge >= 0.3 is 0 Å². The Bertz CT molecular complexity index is 553. The molecule has 0 spiro atoms. The third-order valence-electron chi connectivity index (χ3n) is 2.57. The number of carbonyl (C=O) groups is 1. The van der Waals surface area contributed by atoms with Crippen LogP contribution in [0.5, 0.6) is 11.6 Å². The molecule has 5 heteroatoms. The summed E-state index contributed by atoms with van der Waals surface area (Å²) in [6, 6.07) is 10.9. The summed E-state index contributed by atoms with van der Waals surface area (Å²) in [7, 11) is 0. The molecule has 1 aromatic heterocycles. The molecule has 0 bridgehead atoms. The van der Waals surface area contributed by atoms with E-state index in [4.69, 9.17) is 10.5 Å². The number of hydrogen-bond acceptors (Lipinski definition) is 4. The molecule has 0 radical (unpaired) electrons. The van der Waals surface area contributed by atoms with Crippen molar-refractivity contribution in [1.29, 1.82) is 0 Å². The number of ether oxygens (including phenoxy) is 1. The Hall–Kier alpha value is -2.01. The Morgan fingerprint density at radius 1 is 1.21 bits per heavy atom. The van der Waals surface area contributed by atoms with Crippen LogP contribution >= 0.6 is 12.6 Å². The van der Waals surface area contributed by atoms with Gasteiger partial charge in [0.15, 0.2) is 0 Å². The molecule has 2 aromatic rings. The van der Waals surface area contributed by atoms with E-state index in [1.54, 1.807) is 12.1 Å². The number of primary amides is 1. The van der Waals surface area contributed by atoms with E-state index in [0.717, 1.165) is 12.2 Å². The van der Waals surface area contributed by atoms with Gasteiger partial charge in [-0.15, -0.1) is 0 Å². The molecule has 0 unspecified atom stereocenters. The molecular formula is C14H14N2O2S. The largest absolute Gasteiger partial charge is 0.439 e. The molecule has 98 valence electrons. The average Bonchev–Trinajstić information content (AvgIpc) is 2.42. The highest BCUT2D eigenvalue weighted by Crippen LogP contribution is 2.20. The number of nitrogens with two attached hydrogens (primary N) is 1. The first-order valence-electron chi connectivity index (χ1n) is 5.82. The van der Waals surface area contributed by atoms with Crippen LogP contribution in [0.25, 0.3) is 0 Å². The van der Waals surface area contributed by atoms with Crippen molar-refractivity contribution in [3.63, 3.8) is 0 Å². The average molecular weight is 274 g/mol. The Morgan fingerprint density at radius 3 is 2.47 bits per heavy atom. The lowest BCUT2D eigenvalue weighted by molar-refractivity contribution is 0.1000. The van der Waals surface area contributed by atoms with Gasteiger partial charge in [-0.05, 0) is 35.9 Å². The normalized spacial score (nSPS) is 10.2. The predicted molar refractivity (Wildman–Crippen MR) is 76.8 cm³/mol. The zero-order chi connectivity index (χ0) is 13.7. The molecule has 19 heavy (non-hydrogen) atoms.